The molecule has 1 atom stereocenters. The zero-order chi connectivity index (χ0) is 18.1. The van der Waals surface area contributed by atoms with Crippen LogP contribution in [0.15, 0.2) is 30.6 Å². The molecule has 8 nitrogen and oxygen atoms in total. The first-order valence-corrected chi connectivity index (χ1v) is 10.2. The molecule has 1 amide bonds. The van der Waals surface area contributed by atoms with E-state index in [1.807, 2.05) is 4.90 Å². The second kappa shape index (κ2) is 5.24. The predicted molar refractivity (Wildman–Crippen MR) is 93.9 cm³/mol. The van der Waals surface area contributed by atoms with Crippen molar-refractivity contribution in [1.82, 2.24) is 9.97 Å². The molecule has 0 spiro atoms. The number of hydrogen-bond acceptors (Lipinski definition) is 7. The van der Waals surface area contributed by atoms with Crippen LogP contribution in [0, 0.1) is 0 Å². The third kappa shape index (κ3) is 2.31. The van der Waals surface area contributed by atoms with Gasteiger partial charge in [0.2, 0.25) is 0 Å². The van der Waals surface area contributed by atoms with E-state index in [-0.39, 0.29) is 11.9 Å². The van der Waals surface area contributed by atoms with Crippen molar-refractivity contribution in [1.29, 1.82) is 0 Å². The van der Waals surface area contributed by atoms with Gasteiger partial charge in [0.05, 0.1) is 17.5 Å². The maximum absolute atomic E-state index is 13.3. The van der Waals surface area contributed by atoms with Gasteiger partial charge in [-0.25, -0.2) is 14.2 Å². The van der Waals surface area contributed by atoms with Crippen molar-refractivity contribution in [3.63, 3.8) is 0 Å². The minimum Gasteiger partial charge on any atom is -0.305 e. The Hall–Kier alpha value is -2.52. The van der Waals surface area contributed by atoms with E-state index in [1.165, 1.54) is 4.90 Å². The largest absolute Gasteiger partial charge is 0.305 e. The van der Waals surface area contributed by atoms with Gasteiger partial charge in [0.1, 0.15) is 5.82 Å². The lowest BCUT2D eigenvalue weighted by atomic mass is 10.2. The normalized spacial score (nSPS) is 21.4. The molecule has 1 aliphatic carbocycles. The molecule has 134 valence electrons. The molecule has 2 aliphatic heterocycles. The molecule has 1 saturated carbocycles. The van der Waals surface area contributed by atoms with Crippen molar-refractivity contribution in [3.8, 4) is 0 Å². The van der Waals surface area contributed by atoms with E-state index in [0.717, 1.165) is 24.7 Å². The van der Waals surface area contributed by atoms with Crippen molar-refractivity contribution in [3.05, 3.63) is 41.7 Å². The lowest BCUT2D eigenvalue weighted by Gasteiger charge is -2.25. The summed E-state index contributed by atoms with van der Waals surface area (Å²) in [4.78, 5) is 25.7. The number of carbonyl (C=O) groups is 1. The maximum Gasteiger partial charge on any atom is 0.266 e. The summed E-state index contributed by atoms with van der Waals surface area (Å²) in [5.74, 6) is 0.877. The van der Waals surface area contributed by atoms with Crippen LogP contribution in [0.1, 0.15) is 28.8 Å². The van der Waals surface area contributed by atoms with E-state index in [2.05, 4.69) is 9.97 Å². The Balaban J connectivity index is 1.75. The van der Waals surface area contributed by atoms with Crippen molar-refractivity contribution in [2.75, 3.05) is 16.1 Å². The lowest BCUT2D eigenvalue weighted by molar-refractivity contribution is 0.0932. The molecule has 26 heavy (non-hydrogen) atoms. The van der Waals surface area contributed by atoms with Crippen LogP contribution in [-0.2, 0) is 20.7 Å². The lowest BCUT2D eigenvalue weighted by Crippen LogP contribution is -2.40. The Labute approximate surface area is 150 Å². The topological polar surface area (TPSA) is 92.7 Å². The zero-order valence-corrected chi connectivity index (χ0v) is 14.8. The summed E-state index contributed by atoms with van der Waals surface area (Å²) in [6.45, 7) is 0. The molecule has 0 bridgehead atoms. The van der Waals surface area contributed by atoms with Crippen LogP contribution < -0.4 is 9.80 Å². The van der Waals surface area contributed by atoms with Gasteiger partial charge in [-0.05, 0) is 36.6 Å². The van der Waals surface area contributed by atoms with E-state index in [0.29, 0.717) is 29.3 Å². The van der Waals surface area contributed by atoms with Gasteiger partial charge in [-0.1, -0.05) is 0 Å². The number of anilines is 3. The number of pyridine rings is 2. The van der Waals surface area contributed by atoms with Crippen LogP contribution in [-0.4, -0.2) is 42.8 Å². The summed E-state index contributed by atoms with van der Waals surface area (Å²) in [5.41, 5.74) is 1.89. The van der Waals surface area contributed by atoms with Crippen LogP contribution in [0.4, 0.5) is 17.3 Å². The summed E-state index contributed by atoms with van der Waals surface area (Å²) < 4.78 is 28.7. The number of rotatable bonds is 3. The second-order valence-electron chi connectivity index (χ2n) is 6.75. The number of fused-ring (bicyclic) bond motifs is 1. The molecule has 2 aromatic heterocycles. The van der Waals surface area contributed by atoms with E-state index in [4.69, 9.17) is 4.18 Å². The first-order valence-electron chi connectivity index (χ1n) is 8.38. The minimum atomic E-state index is -3.73. The van der Waals surface area contributed by atoms with E-state index in [1.54, 1.807) is 30.6 Å². The summed E-state index contributed by atoms with van der Waals surface area (Å²) in [6, 6.07) is 5.46. The summed E-state index contributed by atoms with van der Waals surface area (Å²) in [7, 11) is -3.73. The second-order valence-corrected chi connectivity index (χ2v) is 8.35. The molecule has 0 saturated heterocycles. The molecular formula is C17H16N4O4S. The van der Waals surface area contributed by atoms with Crippen molar-refractivity contribution < 1.29 is 17.4 Å². The van der Waals surface area contributed by atoms with Crippen LogP contribution in [0.3, 0.4) is 0 Å². The number of amides is 1. The summed E-state index contributed by atoms with van der Waals surface area (Å²) in [6.07, 6.45) is 5.71. The fraction of sp³-hybridized carbons (Fsp3) is 0.353. The summed E-state index contributed by atoms with van der Waals surface area (Å²) in [5, 5.41) is 0. The predicted octanol–water partition coefficient (Wildman–Crippen LogP) is 1.60. The standard InChI is InChI=1S/C17H16N4O4S/c1-26(23,24)25-13-9-10-6-8-19-16-14(10)21(13)17(22)12-3-2-7-18-15(12)20(16)11-4-5-11/h2-3,6-8,11,13H,4-5,9H2,1H3. The molecule has 4 heterocycles. The SMILES string of the molecule is CS(=O)(=O)OC1Cc2ccnc3c2N1C(=O)c1cccnc1N3C1CC1. The van der Waals surface area contributed by atoms with Gasteiger partial charge < -0.3 is 4.90 Å². The molecule has 0 N–H and O–H groups in total. The first kappa shape index (κ1) is 15.7. The fourth-order valence-electron chi connectivity index (χ4n) is 3.68. The van der Waals surface area contributed by atoms with E-state index < -0.39 is 16.3 Å². The van der Waals surface area contributed by atoms with Crippen LogP contribution in [0.5, 0.6) is 0 Å². The summed E-state index contributed by atoms with van der Waals surface area (Å²) >= 11 is 0. The number of nitrogens with zero attached hydrogens (tertiary/aromatic N) is 4. The minimum absolute atomic E-state index is 0.241. The maximum atomic E-state index is 13.3. The van der Waals surface area contributed by atoms with Crippen LogP contribution in [0.2, 0.25) is 0 Å². The highest BCUT2D eigenvalue weighted by Crippen LogP contribution is 2.49. The van der Waals surface area contributed by atoms with Gasteiger partial charge in [-0.3, -0.25) is 9.69 Å². The molecule has 5 rings (SSSR count). The number of aromatic nitrogens is 2. The Kier molecular flexibility index (Phi) is 3.17. The number of carbonyl (C=O) groups excluding carboxylic acids is 1. The average Bonchev–Trinajstić information content (AvgIpc) is 3.35. The monoisotopic (exact) mass is 372 g/mol. The molecule has 1 fully saturated rings. The van der Waals surface area contributed by atoms with Gasteiger partial charge >= 0.3 is 0 Å². The molecule has 2 aromatic rings. The molecular weight excluding hydrogens is 356 g/mol. The highest BCUT2D eigenvalue weighted by molar-refractivity contribution is 7.86. The Morgan fingerprint density at radius 3 is 2.62 bits per heavy atom. The molecule has 0 radical (unpaired) electrons. The Morgan fingerprint density at radius 2 is 1.88 bits per heavy atom. The first-order chi connectivity index (χ1) is 12.4. The van der Waals surface area contributed by atoms with Crippen LogP contribution >= 0.6 is 0 Å². The third-order valence-corrected chi connectivity index (χ3v) is 5.37. The number of hydrogen-bond donors (Lipinski definition) is 0. The van der Waals surface area contributed by atoms with Gasteiger partial charge in [0.15, 0.2) is 12.0 Å². The van der Waals surface area contributed by atoms with Crippen LogP contribution in [0.25, 0.3) is 0 Å². The fourth-order valence-corrected chi connectivity index (χ4v) is 4.24. The third-order valence-electron chi connectivity index (χ3n) is 4.80. The van der Waals surface area contributed by atoms with Gasteiger partial charge in [-0.2, -0.15) is 8.42 Å². The van der Waals surface area contributed by atoms with Gasteiger partial charge in [-0.15, -0.1) is 0 Å². The molecule has 3 aliphatic rings. The quantitative estimate of drug-likeness (QED) is 0.756. The molecule has 0 aromatic carbocycles. The average molecular weight is 372 g/mol. The van der Waals surface area contributed by atoms with E-state index in [9.17, 15) is 13.2 Å². The van der Waals surface area contributed by atoms with Gasteiger partial charge in [0.25, 0.3) is 16.0 Å². The Bertz CT molecular complexity index is 1030. The van der Waals surface area contributed by atoms with Crippen molar-refractivity contribution in [2.45, 2.75) is 31.5 Å². The van der Waals surface area contributed by atoms with Crippen molar-refractivity contribution >= 4 is 33.3 Å². The van der Waals surface area contributed by atoms with Crippen molar-refractivity contribution in [2.24, 2.45) is 0 Å². The highest BCUT2D eigenvalue weighted by atomic mass is 32.2. The van der Waals surface area contributed by atoms with E-state index >= 15 is 0 Å². The molecule has 9 heteroatoms. The smallest absolute Gasteiger partial charge is 0.266 e. The Morgan fingerprint density at radius 1 is 1.12 bits per heavy atom. The molecule has 1 unspecified atom stereocenters. The highest BCUT2D eigenvalue weighted by Gasteiger charge is 2.46. The zero-order valence-electron chi connectivity index (χ0n) is 14.0. The van der Waals surface area contributed by atoms with Gasteiger partial charge in [0, 0.05) is 24.9 Å².